The van der Waals surface area contributed by atoms with Gasteiger partial charge in [0.1, 0.15) is 0 Å². The van der Waals surface area contributed by atoms with Gasteiger partial charge in [0.15, 0.2) is 0 Å². The Hall–Kier alpha value is 0.0700. The Morgan fingerprint density at radius 3 is 2.60 bits per heavy atom. The molecule has 0 aromatic carbocycles. The van der Waals surface area contributed by atoms with E-state index in [9.17, 15) is 4.79 Å². The van der Waals surface area contributed by atoms with Gasteiger partial charge in [-0.3, -0.25) is 4.79 Å². The third-order valence-corrected chi connectivity index (χ3v) is 4.30. The Balaban J connectivity index is 0.00000112. The summed E-state index contributed by atoms with van der Waals surface area (Å²) < 4.78 is 0. The summed E-state index contributed by atoms with van der Waals surface area (Å²) in [6, 6.07) is 0.533. The average Bonchev–Trinajstić information content (AvgIpc) is 2.48. The van der Waals surface area contributed by atoms with E-state index in [4.69, 9.17) is 0 Å². The van der Waals surface area contributed by atoms with Crippen molar-refractivity contribution >= 4 is 30.1 Å². The van der Waals surface area contributed by atoms with Crippen LogP contribution in [-0.4, -0.2) is 36.0 Å². The molecule has 0 aromatic rings. The average molecular weight is 251 g/mol. The Bertz CT molecular complexity index is 223. The molecule has 1 amide bonds. The monoisotopic (exact) mass is 250 g/mol. The van der Waals surface area contributed by atoms with E-state index in [1.54, 1.807) is 0 Å². The van der Waals surface area contributed by atoms with Crippen LogP contribution in [0.25, 0.3) is 0 Å². The van der Waals surface area contributed by atoms with Crippen LogP contribution in [0.3, 0.4) is 0 Å². The van der Waals surface area contributed by atoms with E-state index >= 15 is 0 Å². The summed E-state index contributed by atoms with van der Waals surface area (Å²) in [4.78, 5) is 11.6. The molecule has 0 bridgehead atoms. The highest BCUT2D eigenvalue weighted by Crippen LogP contribution is 2.28. The number of hydrogen-bond donors (Lipinski definition) is 2. The lowest BCUT2D eigenvalue weighted by Gasteiger charge is -2.27. The van der Waals surface area contributed by atoms with Gasteiger partial charge in [-0.25, -0.2) is 0 Å². The zero-order chi connectivity index (χ0) is 9.97. The van der Waals surface area contributed by atoms with Crippen molar-refractivity contribution in [2.75, 3.05) is 12.8 Å². The number of carbonyl (C=O) groups is 1. The molecular formula is C10H19ClN2OS. The molecule has 1 heterocycles. The van der Waals surface area contributed by atoms with Crippen LogP contribution in [-0.2, 0) is 4.79 Å². The second kappa shape index (κ2) is 5.97. The number of hydrogen-bond acceptors (Lipinski definition) is 3. The van der Waals surface area contributed by atoms with Gasteiger partial charge in [-0.1, -0.05) is 0 Å². The molecule has 15 heavy (non-hydrogen) atoms. The largest absolute Gasteiger partial charge is 0.352 e. The van der Waals surface area contributed by atoms with Crippen LogP contribution in [0.1, 0.15) is 25.7 Å². The number of thioether (sulfide) groups is 1. The SMILES string of the molecule is CSC1CCC(NC(=O)[C@H]2CCN2)C1.Cl. The number of nitrogens with one attached hydrogen (secondary N) is 2. The van der Waals surface area contributed by atoms with E-state index in [1.807, 2.05) is 11.8 Å². The first kappa shape index (κ1) is 13.1. The van der Waals surface area contributed by atoms with Crippen molar-refractivity contribution in [2.24, 2.45) is 0 Å². The molecule has 2 rings (SSSR count). The van der Waals surface area contributed by atoms with Crippen LogP contribution in [0.15, 0.2) is 0 Å². The summed E-state index contributed by atoms with van der Waals surface area (Å²) in [7, 11) is 0. The highest BCUT2D eigenvalue weighted by Gasteiger charge is 2.29. The van der Waals surface area contributed by atoms with E-state index in [0.717, 1.165) is 31.1 Å². The summed E-state index contributed by atoms with van der Waals surface area (Å²) in [6.45, 7) is 0.996. The van der Waals surface area contributed by atoms with Crippen molar-refractivity contribution in [2.45, 2.75) is 43.0 Å². The summed E-state index contributed by atoms with van der Waals surface area (Å²) in [6.07, 6.45) is 6.72. The molecule has 3 nitrogen and oxygen atoms in total. The molecular weight excluding hydrogens is 232 g/mol. The predicted molar refractivity (Wildman–Crippen MR) is 66.7 cm³/mol. The molecule has 0 spiro atoms. The maximum Gasteiger partial charge on any atom is 0.237 e. The molecule has 5 heteroatoms. The van der Waals surface area contributed by atoms with Crippen molar-refractivity contribution in [1.82, 2.24) is 10.6 Å². The molecule has 0 radical (unpaired) electrons. The van der Waals surface area contributed by atoms with Crippen LogP contribution >= 0.6 is 24.2 Å². The molecule has 2 unspecified atom stereocenters. The van der Waals surface area contributed by atoms with Crippen LogP contribution in [0, 0.1) is 0 Å². The third kappa shape index (κ3) is 3.26. The first-order valence-corrected chi connectivity index (χ1v) is 6.65. The highest BCUT2D eigenvalue weighted by atomic mass is 35.5. The second-order valence-corrected chi connectivity index (χ2v) is 5.31. The molecule has 1 aliphatic heterocycles. The van der Waals surface area contributed by atoms with Gasteiger partial charge < -0.3 is 10.6 Å². The van der Waals surface area contributed by atoms with Crippen molar-refractivity contribution < 1.29 is 4.79 Å². The van der Waals surface area contributed by atoms with Gasteiger partial charge in [0.25, 0.3) is 0 Å². The van der Waals surface area contributed by atoms with Crippen LogP contribution in [0.2, 0.25) is 0 Å². The minimum Gasteiger partial charge on any atom is -0.352 e. The van der Waals surface area contributed by atoms with Gasteiger partial charge >= 0.3 is 0 Å². The third-order valence-electron chi connectivity index (χ3n) is 3.20. The number of halogens is 1. The second-order valence-electron chi connectivity index (χ2n) is 4.17. The topological polar surface area (TPSA) is 41.1 Å². The van der Waals surface area contributed by atoms with Crippen molar-refractivity contribution in [3.63, 3.8) is 0 Å². The van der Waals surface area contributed by atoms with Gasteiger partial charge in [-0.2, -0.15) is 11.8 Å². The zero-order valence-corrected chi connectivity index (χ0v) is 10.6. The number of amides is 1. The normalized spacial score (nSPS) is 34.1. The first-order valence-electron chi connectivity index (χ1n) is 5.36. The minimum atomic E-state index is 0. The molecule has 1 saturated heterocycles. The van der Waals surface area contributed by atoms with E-state index in [2.05, 4.69) is 16.9 Å². The van der Waals surface area contributed by atoms with Crippen LogP contribution in [0.4, 0.5) is 0 Å². The molecule has 0 aromatic heterocycles. The first-order chi connectivity index (χ1) is 6.79. The predicted octanol–water partition coefficient (Wildman–Crippen LogP) is 1.17. The fraction of sp³-hybridized carbons (Fsp3) is 0.900. The lowest BCUT2D eigenvalue weighted by molar-refractivity contribution is -0.125. The smallest absolute Gasteiger partial charge is 0.237 e. The van der Waals surface area contributed by atoms with Crippen molar-refractivity contribution in [3.05, 3.63) is 0 Å². The summed E-state index contributed by atoms with van der Waals surface area (Å²) >= 11 is 1.92. The molecule has 88 valence electrons. The summed E-state index contributed by atoms with van der Waals surface area (Å²) in [5.41, 5.74) is 0. The maximum atomic E-state index is 11.6. The molecule has 2 aliphatic rings. The highest BCUT2D eigenvalue weighted by molar-refractivity contribution is 7.99. The molecule has 1 saturated carbocycles. The molecule has 1 aliphatic carbocycles. The van der Waals surface area contributed by atoms with Gasteiger partial charge in [-0.15, -0.1) is 12.4 Å². The van der Waals surface area contributed by atoms with Crippen LogP contribution in [0.5, 0.6) is 0 Å². The Kier molecular flexibility index (Phi) is 5.23. The molecule has 2 fully saturated rings. The Morgan fingerprint density at radius 1 is 1.40 bits per heavy atom. The number of carbonyl (C=O) groups excluding carboxylic acids is 1. The van der Waals surface area contributed by atoms with E-state index in [0.29, 0.717) is 6.04 Å². The van der Waals surface area contributed by atoms with Gasteiger partial charge in [0.05, 0.1) is 6.04 Å². The Morgan fingerprint density at radius 2 is 2.13 bits per heavy atom. The van der Waals surface area contributed by atoms with E-state index in [1.165, 1.54) is 6.42 Å². The van der Waals surface area contributed by atoms with Crippen LogP contribution < -0.4 is 10.6 Å². The standard InChI is InChI=1S/C10H18N2OS.ClH/c1-14-8-3-2-7(6-8)12-10(13)9-4-5-11-9;/h7-9,11H,2-6H2,1H3,(H,12,13);1H/t7?,8?,9-;/m1./s1. The van der Waals surface area contributed by atoms with Crippen molar-refractivity contribution in [1.29, 1.82) is 0 Å². The van der Waals surface area contributed by atoms with Gasteiger partial charge in [-0.05, 0) is 38.5 Å². The summed E-state index contributed by atoms with van der Waals surface area (Å²) in [5.74, 6) is 0.211. The van der Waals surface area contributed by atoms with Crippen molar-refractivity contribution in [3.8, 4) is 0 Å². The minimum absolute atomic E-state index is 0. The maximum absolute atomic E-state index is 11.6. The lowest BCUT2D eigenvalue weighted by Crippen LogP contribution is -2.54. The van der Waals surface area contributed by atoms with Gasteiger partial charge in [0.2, 0.25) is 5.91 Å². The van der Waals surface area contributed by atoms with Gasteiger partial charge in [0, 0.05) is 11.3 Å². The zero-order valence-electron chi connectivity index (χ0n) is 8.99. The fourth-order valence-electron chi connectivity index (χ4n) is 2.10. The summed E-state index contributed by atoms with van der Waals surface area (Å²) in [5, 5.41) is 7.02. The molecule has 2 N–H and O–H groups in total. The number of rotatable bonds is 3. The van der Waals surface area contributed by atoms with E-state index in [-0.39, 0.29) is 24.4 Å². The Labute approximate surface area is 102 Å². The quantitative estimate of drug-likeness (QED) is 0.790. The molecule has 3 atom stereocenters. The lowest BCUT2D eigenvalue weighted by atomic mass is 10.1. The fourth-order valence-corrected chi connectivity index (χ4v) is 2.90. The van der Waals surface area contributed by atoms with E-state index < -0.39 is 0 Å².